The minimum Gasteiger partial charge on any atom is -0.409 e. The van der Waals surface area contributed by atoms with Gasteiger partial charge in [-0.2, -0.15) is 0 Å². The summed E-state index contributed by atoms with van der Waals surface area (Å²) in [7, 11) is 0. The van der Waals surface area contributed by atoms with Crippen LogP contribution >= 0.6 is 0 Å². The van der Waals surface area contributed by atoms with Crippen LogP contribution in [0.5, 0.6) is 0 Å². The summed E-state index contributed by atoms with van der Waals surface area (Å²) in [5.41, 5.74) is 5.57. The number of hydrogen-bond acceptors (Lipinski definition) is 3. The van der Waals surface area contributed by atoms with Gasteiger partial charge in [-0.25, -0.2) is 0 Å². The fourth-order valence-electron chi connectivity index (χ4n) is 2.50. The molecule has 1 aliphatic heterocycles. The van der Waals surface area contributed by atoms with Crippen molar-refractivity contribution in [1.82, 2.24) is 4.90 Å². The smallest absolute Gasteiger partial charge is 0.233 e. The Kier molecular flexibility index (Phi) is 5.25. The third-order valence-corrected chi connectivity index (χ3v) is 3.56. The molecule has 1 fully saturated rings. The van der Waals surface area contributed by atoms with E-state index in [1.165, 1.54) is 6.42 Å². The maximum atomic E-state index is 12.4. The molecule has 0 aromatic rings. The number of rotatable bonds is 4. The number of hydrogen-bond donors (Lipinski definition) is 2. The predicted molar refractivity (Wildman–Crippen MR) is 66.8 cm³/mol. The van der Waals surface area contributed by atoms with E-state index in [0.717, 1.165) is 25.8 Å². The van der Waals surface area contributed by atoms with Gasteiger partial charge in [-0.15, -0.1) is 0 Å². The minimum atomic E-state index is -0.479. The Morgan fingerprint density at radius 1 is 1.53 bits per heavy atom. The molecule has 0 bridgehead atoms. The number of piperidine rings is 1. The lowest BCUT2D eigenvalue weighted by Gasteiger charge is -2.37. The topological polar surface area (TPSA) is 78.9 Å². The van der Waals surface area contributed by atoms with Crippen molar-refractivity contribution in [3.8, 4) is 0 Å². The summed E-state index contributed by atoms with van der Waals surface area (Å²) in [5.74, 6) is -0.445. The van der Waals surface area contributed by atoms with Gasteiger partial charge in [-0.1, -0.05) is 19.0 Å². The van der Waals surface area contributed by atoms with E-state index in [0.29, 0.717) is 12.5 Å². The third kappa shape index (κ3) is 3.11. The molecule has 2 unspecified atom stereocenters. The second-order valence-corrected chi connectivity index (χ2v) is 4.58. The Balaban J connectivity index is 2.78. The fraction of sp³-hybridized carbons (Fsp3) is 0.833. The summed E-state index contributed by atoms with van der Waals surface area (Å²) in [6, 6.07) is 0.316. The van der Waals surface area contributed by atoms with Gasteiger partial charge in [0.15, 0.2) is 5.84 Å². The highest BCUT2D eigenvalue weighted by molar-refractivity contribution is 6.02. The molecule has 1 heterocycles. The van der Waals surface area contributed by atoms with Crippen molar-refractivity contribution in [2.24, 2.45) is 16.8 Å². The molecule has 1 amide bonds. The van der Waals surface area contributed by atoms with Crippen LogP contribution in [0.25, 0.3) is 0 Å². The van der Waals surface area contributed by atoms with Crippen LogP contribution in [-0.2, 0) is 4.79 Å². The first kappa shape index (κ1) is 13.8. The standard InChI is InChI=1S/C12H23N3O2/c1-3-9-7-5-6-8-15(9)12(16)10(4-2)11(13)14-17/h9-10,17H,3-8H2,1-2H3,(H2,13,14). The van der Waals surface area contributed by atoms with Crippen LogP contribution in [-0.4, -0.2) is 34.4 Å². The summed E-state index contributed by atoms with van der Waals surface area (Å²) in [5, 5.41) is 11.7. The Morgan fingerprint density at radius 2 is 2.24 bits per heavy atom. The minimum absolute atomic E-state index is 0.00866. The zero-order valence-electron chi connectivity index (χ0n) is 10.7. The largest absolute Gasteiger partial charge is 0.409 e. The molecule has 1 rings (SSSR count). The average Bonchev–Trinajstić information content (AvgIpc) is 2.38. The Morgan fingerprint density at radius 3 is 2.76 bits per heavy atom. The summed E-state index contributed by atoms with van der Waals surface area (Å²) >= 11 is 0. The van der Waals surface area contributed by atoms with E-state index < -0.39 is 5.92 Å². The van der Waals surface area contributed by atoms with Gasteiger partial charge in [0, 0.05) is 12.6 Å². The number of carbonyl (C=O) groups is 1. The highest BCUT2D eigenvalue weighted by Crippen LogP contribution is 2.22. The Labute approximate surface area is 103 Å². The van der Waals surface area contributed by atoms with E-state index in [4.69, 9.17) is 10.9 Å². The molecule has 1 saturated heterocycles. The van der Waals surface area contributed by atoms with Gasteiger partial charge in [0.25, 0.3) is 0 Å². The van der Waals surface area contributed by atoms with Crippen molar-refractivity contribution in [2.45, 2.75) is 52.0 Å². The van der Waals surface area contributed by atoms with Gasteiger partial charge in [0.05, 0.1) is 5.92 Å². The van der Waals surface area contributed by atoms with Crippen molar-refractivity contribution in [1.29, 1.82) is 0 Å². The fourth-order valence-corrected chi connectivity index (χ4v) is 2.50. The zero-order chi connectivity index (χ0) is 12.8. The number of nitrogens with zero attached hydrogens (tertiary/aromatic N) is 2. The maximum Gasteiger partial charge on any atom is 0.233 e. The number of amides is 1. The molecule has 0 aliphatic carbocycles. The molecule has 17 heavy (non-hydrogen) atoms. The normalized spacial score (nSPS) is 23.5. The molecular formula is C12H23N3O2. The van der Waals surface area contributed by atoms with Crippen LogP contribution in [0.15, 0.2) is 5.16 Å². The van der Waals surface area contributed by atoms with E-state index in [1.54, 1.807) is 0 Å². The van der Waals surface area contributed by atoms with Crippen LogP contribution in [0.2, 0.25) is 0 Å². The first-order valence-corrected chi connectivity index (χ1v) is 6.43. The number of nitrogens with two attached hydrogens (primary N) is 1. The van der Waals surface area contributed by atoms with Gasteiger partial charge in [-0.3, -0.25) is 4.79 Å². The first-order valence-electron chi connectivity index (χ1n) is 6.43. The SMILES string of the molecule is CCC(C(=O)N1CCCCC1CC)/C(N)=N/O. The molecule has 0 aromatic heterocycles. The molecule has 0 saturated carbocycles. The molecule has 3 N–H and O–H groups in total. The van der Waals surface area contributed by atoms with E-state index in [1.807, 2.05) is 11.8 Å². The Bertz CT molecular complexity index is 291. The van der Waals surface area contributed by atoms with E-state index >= 15 is 0 Å². The summed E-state index contributed by atoms with van der Waals surface area (Å²) in [6.45, 7) is 4.78. The highest BCUT2D eigenvalue weighted by Gasteiger charge is 2.31. The summed E-state index contributed by atoms with van der Waals surface area (Å²) in [6.07, 6.45) is 4.84. The van der Waals surface area contributed by atoms with Crippen molar-refractivity contribution in [3.05, 3.63) is 0 Å². The number of amidine groups is 1. The lowest BCUT2D eigenvalue weighted by molar-refractivity contribution is -0.137. The number of carbonyl (C=O) groups excluding carboxylic acids is 1. The van der Waals surface area contributed by atoms with E-state index in [2.05, 4.69) is 12.1 Å². The Hall–Kier alpha value is -1.26. The number of likely N-dealkylation sites (tertiary alicyclic amines) is 1. The van der Waals surface area contributed by atoms with Gasteiger partial charge >= 0.3 is 0 Å². The molecule has 0 aromatic carbocycles. The maximum absolute atomic E-state index is 12.4. The zero-order valence-corrected chi connectivity index (χ0v) is 10.7. The second kappa shape index (κ2) is 6.47. The summed E-state index contributed by atoms with van der Waals surface area (Å²) < 4.78 is 0. The van der Waals surface area contributed by atoms with Crippen LogP contribution in [0.3, 0.4) is 0 Å². The molecule has 98 valence electrons. The van der Waals surface area contributed by atoms with Gasteiger partial charge in [-0.05, 0) is 32.1 Å². The quantitative estimate of drug-likeness (QED) is 0.339. The van der Waals surface area contributed by atoms with Gasteiger partial charge in [0.2, 0.25) is 5.91 Å². The van der Waals surface area contributed by atoms with Crippen molar-refractivity contribution in [2.75, 3.05) is 6.54 Å². The second-order valence-electron chi connectivity index (χ2n) is 4.58. The lowest BCUT2D eigenvalue weighted by Crippen LogP contribution is -2.48. The predicted octanol–water partition coefficient (Wildman–Crippen LogP) is 1.55. The van der Waals surface area contributed by atoms with Crippen LogP contribution in [0.4, 0.5) is 0 Å². The molecule has 1 aliphatic rings. The van der Waals surface area contributed by atoms with E-state index in [-0.39, 0.29) is 11.7 Å². The van der Waals surface area contributed by atoms with Gasteiger partial charge in [0.1, 0.15) is 0 Å². The van der Waals surface area contributed by atoms with E-state index in [9.17, 15) is 4.79 Å². The third-order valence-electron chi connectivity index (χ3n) is 3.56. The van der Waals surface area contributed by atoms with Crippen molar-refractivity contribution >= 4 is 11.7 Å². The molecule has 5 heteroatoms. The highest BCUT2D eigenvalue weighted by atomic mass is 16.4. The van der Waals surface area contributed by atoms with Crippen LogP contribution < -0.4 is 5.73 Å². The monoisotopic (exact) mass is 241 g/mol. The molecule has 0 spiro atoms. The molecule has 5 nitrogen and oxygen atoms in total. The van der Waals surface area contributed by atoms with Gasteiger partial charge < -0.3 is 15.8 Å². The summed E-state index contributed by atoms with van der Waals surface area (Å²) in [4.78, 5) is 14.3. The van der Waals surface area contributed by atoms with Crippen molar-refractivity contribution in [3.63, 3.8) is 0 Å². The number of oxime groups is 1. The molecular weight excluding hydrogens is 218 g/mol. The van der Waals surface area contributed by atoms with Crippen molar-refractivity contribution < 1.29 is 10.0 Å². The van der Waals surface area contributed by atoms with Crippen LogP contribution in [0, 0.1) is 5.92 Å². The lowest BCUT2D eigenvalue weighted by atomic mass is 9.96. The molecule has 0 radical (unpaired) electrons. The van der Waals surface area contributed by atoms with Crippen LogP contribution in [0.1, 0.15) is 46.0 Å². The first-order chi connectivity index (χ1) is 8.15. The molecule has 2 atom stereocenters. The average molecular weight is 241 g/mol.